The number of hydrogen-bond donors (Lipinski definition) is 3. The van der Waals surface area contributed by atoms with E-state index in [0.717, 1.165) is 0 Å². The highest BCUT2D eigenvalue weighted by Gasteiger charge is 2.35. The van der Waals surface area contributed by atoms with Crippen molar-refractivity contribution in [2.24, 2.45) is 11.1 Å². The van der Waals surface area contributed by atoms with Gasteiger partial charge in [0.25, 0.3) is 0 Å². The number of rotatable bonds is 7. The van der Waals surface area contributed by atoms with E-state index >= 15 is 0 Å². The molecule has 26 heavy (non-hydrogen) atoms. The van der Waals surface area contributed by atoms with Crippen LogP contribution in [0, 0.1) is 5.92 Å². The summed E-state index contributed by atoms with van der Waals surface area (Å²) >= 11 is 0. The SMILES string of the molecule is CC(CCC(=O)O)NC(=O)C1CC(=O)N(c2cccc(S(N)(=O)=O)c2)C1. The van der Waals surface area contributed by atoms with Crippen molar-refractivity contribution in [1.29, 1.82) is 0 Å². The van der Waals surface area contributed by atoms with Crippen LogP contribution in [0.25, 0.3) is 0 Å². The summed E-state index contributed by atoms with van der Waals surface area (Å²) in [7, 11) is -3.90. The lowest BCUT2D eigenvalue weighted by Crippen LogP contribution is -2.38. The van der Waals surface area contributed by atoms with Crippen LogP contribution in [0.3, 0.4) is 0 Å². The summed E-state index contributed by atoms with van der Waals surface area (Å²) in [6.07, 6.45) is 0.233. The first-order chi connectivity index (χ1) is 12.1. The van der Waals surface area contributed by atoms with Gasteiger partial charge in [0.2, 0.25) is 21.8 Å². The number of nitrogens with two attached hydrogens (primary N) is 1. The van der Waals surface area contributed by atoms with Gasteiger partial charge in [-0.3, -0.25) is 14.4 Å². The van der Waals surface area contributed by atoms with Gasteiger partial charge in [-0.15, -0.1) is 0 Å². The second-order valence-electron chi connectivity index (χ2n) is 6.29. The number of carboxylic acids is 1. The number of sulfonamides is 1. The van der Waals surface area contributed by atoms with Gasteiger partial charge in [-0.05, 0) is 31.5 Å². The second kappa shape index (κ2) is 7.83. The van der Waals surface area contributed by atoms with Crippen LogP contribution >= 0.6 is 0 Å². The van der Waals surface area contributed by atoms with Crippen LogP contribution in [0.4, 0.5) is 5.69 Å². The first-order valence-electron chi connectivity index (χ1n) is 8.03. The third-order valence-electron chi connectivity index (χ3n) is 4.13. The van der Waals surface area contributed by atoms with Crippen molar-refractivity contribution in [3.05, 3.63) is 24.3 Å². The Labute approximate surface area is 151 Å². The molecule has 142 valence electrons. The zero-order chi connectivity index (χ0) is 19.5. The molecule has 1 fully saturated rings. The van der Waals surface area contributed by atoms with Crippen molar-refractivity contribution in [3.8, 4) is 0 Å². The predicted molar refractivity (Wildman–Crippen MR) is 92.7 cm³/mol. The number of aliphatic carboxylic acids is 1. The number of primary sulfonamides is 1. The molecule has 2 amide bonds. The minimum atomic E-state index is -3.90. The Bertz CT molecular complexity index is 823. The van der Waals surface area contributed by atoms with Crippen molar-refractivity contribution in [1.82, 2.24) is 5.32 Å². The molecule has 1 aliphatic rings. The van der Waals surface area contributed by atoms with Crippen molar-refractivity contribution >= 4 is 33.5 Å². The fourth-order valence-corrected chi connectivity index (χ4v) is 3.29. The number of nitrogens with one attached hydrogen (secondary N) is 1. The Morgan fingerprint density at radius 3 is 2.73 bits per heavy atom. The molecule has 1 aliphatic heterocycles. The minimum absolute atomic E-state index is 0.00289. The van der Waals surface area contributed by atoms with Gasteiger partial charge in [0.15, 0.2) is 0 Å². The maximum Gasteiger partial charge on any atom is 0.303 e. The van der Waals surface area contributed by atoms with Gasteiger partial charge in [-0.2, -0.15) is 0 Å². The molecule has 0 aliphatic carbocycles. The topological polar surface area (TPSA) is 147 Å². The van der Waals surface area contributed by atoms with E-state index in [2.05, 4.69) is 5.32 Å². The molecule has 2 unspecified atom stereocenters. The minimum Gasteiger partial charge on any atom is -0.481 e. The summed E-state index contributed by atoms with van der Waals surface area (Å²) in [6.45, 7) is 1.81. The third-order valence-corrected chi connectivity index (χ3v) is 5.04. The number of amides is 2. The van der Waals surface area contributed by atoms with Crippen molar-refractivity contribution in [2.75, 3.05) is 11.4 Å². The summed E-state index contributed by atoms with van der Waals surface area (Å²) in [6, 6.07) is 5.34. The molecule has 1 aromatic carbocycles. The quantitative estimate of drug-likeness (QED) is 0.606. The first kappa shape index (κ1) is 19.9. The van der Waals surface area contributed by atoms with E-state index in [9.17, 15) is 22.8 Å². The zero-order valence-corrected chi connectivity index (χ0v) is 15.0. The highest BCUT2D eigenvalue weighted by Crippen LogP contribution is 2.27. The average molecular weight is 383 g/mol. The molecule has 0 aromatic heterocycles. The molecule has 4 N–H and O–H groups in total. The van der Waals surface area contributed by atoms with Gasteiger partial charge in [0, 0.05) is 31.1 Å². The fourth-order valence-electron chi connectivity index (χ4n) is 2.73. The zero-order valence-electron chi connectivity index (χ0n) is 14.2. The monoisotopic (exact) mass is 383 g/mol. The largest absolute Gasteiger partial charge is 0.481 e. The van der Waals surface area contributed by atoms with E-state index in [4.69, 9.17) is 10.2 Å². The predicted octanol–water partition coefficient (Wildman–Crippen LogP) is 0.0564. The van der Waals surface area contributed by atoms with E-state index < -0.39 is 21.9 Å². The fraction of sp³-hybridized carbons (Fsp3) is 0.438. The van der Waals surface area contributed by atoms with Gasteiger partial charge in [0.1, 0.15) is 0 Å². The highest BCUT2D eigenvalue weighted by molar-refractivity contribution is 7.89. The van der Waals surface area contributed by atoms with Gasteiger partial charge in [-0.25, -0.2) is 13.6 Å². The molecule has 2 atom stereocenters. The summed E-state index contributed by atoms with van der Waals surface area (Å²) in [5.41, 5.74) is 0.357. The van der Waals surface area contributed by atoms with E-state index in [1.165, 1.54) is 23.1 Å². The number of benzene rings is 1. The molecule has 10 heteroatoms. The van der Waals surface area contributed by atoms with Crippen molar-refractivity contribution < 1.29 is 27.9 Å². The molecule has 1 heterocycles. The van der Waals surface area contributed by atoms with Crippen LogP contribution in [-0.4, -0.2) is 43.9 Å². The Morgan fingerprint density at radius 2 is 2.12 bits per heavy atom. The number of hydrogen-bond acceptors (Lipinski definition) is 5. The van der Waals surface area contributed by atoms with Gasteiger partial charge in [-0.1, -0.05) is 6.07 Å². The molecule has 0 bridgehead atoms. The lowest BCUT2D eigenvalue weighted by atomic mass is 10.1. The molecule has 2 rings (SSSR count). The molecule has 1 aromatic rings. The van der Waals surface area contributed by atoms with Crippen LogP contribution in [0.2, 0.25) is 0 Å². The van der Waals surface area contributed by atoms with Crippen LogP contribution in [-0.2, 0) is 24.4 Å². The standard InChI is InChI=1S/C16H21N3O6S/c1-10(5-6-15(21)22)18-16(23)11-7-14(20)19(9-11)12-3-2-4-13(8-12)26(17,24)25/h2-4,8,10-11H,5-7,9H2,1H3,(H,18,23)(H,21,22)(H2,17,24,25). The van der Waals surface area contributed by atoms with E-state index in [1.807, 2.05) is 0 Å². The van der Waals surface area contributed by atoms with Crippen LogP contribution in [0.5, 0.6) is 0 Å². The molecule has 0 saturated carbocycles. The number of anilines is 1. The Kier molecular flexibility index (Phi) is 5.98. The molecule has 0 radical (unpaired) electrons. The normalized spacial score (nSPS) is 18.6. The summed E-state index contributed by atoms with van der Waals surface area (Å²) < 4.78 is 22.9. The van der Waals surface area contributed by atoms with Crippen LogP contribution < -0.4 is 15.4 Å². The van der Waals surface area contributed by atoms with Gasteiger partial charge < -0.3 is 15.3 Å². The lowest BCUT2D eigenvalue weighted by molar-refractivity contribution is -0.137. The smallest absolute Gasteiger partial charge is 0.303 e. The van der Waals surface area contributed by atoms with E-state index in [-0.39, 0.29) is 42.1 Å². The van der Waals surface area contributed by atoms with Gasteiger partial charge in [0.05, 0.1) is 10.8 Å². The Balaban J connectivity index is 2.04. The van der Waals surface area contributed by atoms with E-state index in [0.29, 0.717) is 12.1 Å². The maximum absolute atomic E-state index is 12.3. The first-order valence-corrected chi connectivity index (χ1v) is 9.58. The number of carbonyl (C=O) groups is 3. The highest BCUT2D eigenvalue weighted by atomic mass is 32.2. The lowest BCUT2D eigenvalue weighted by Gasteiger charge is -2.18. The number of carboxylic acid groups (broad SMARTS) is 1. The molecular formula is C16H21N3O6S. The molecular weight excluding hydrogens is 362 g/mol. The second-order valence-corrected chi connectivity index (χ2v) is 7.85. The number of nitrogens with zero attached hydrogens (tertiary/aromatic N) is 1. The maximum atomic E-state index is 12.3. The summed E-state index contributed by atoms with van der Waals surface area (Å²) in [5, 5.41) is 16.5. The van der Waals surface area contributed by atoms with Crippen molar-refractivity contribution in [2.45, 2.75) is 37.1 Å². The summed E-state index contributed by atoms with van der Waals surface area (Å²) in [4.78, 5) is 36.3. The Morgan fingerprint density at radius 1 is 1.42 bits per heavy atom. The van der Waals surface area contributed by atoms with Crippen molar-refractivity contribution in [3.63, 3.8) is 0 Å². The molecule has 0 spiro atoms. The molecule has 1 saturated heterocycles. The average Bonchev–Trinajstić information content (AvgIpc) is 2.94. The van der Waals surface area contributed by atoms with Crippen LogP contribution in [0.1, 0.15) is 26.2 Å². The summed E-state index contributed by atoms with van der Waals surface area (Å²) in [5.74, 6) is -2.16. The van der Waals surface area contributed by atoms with Gasteiger partial charge >= 0.3 is 5.97 Å². The Hall–Kier alpha value is -2.46. The third kappa shape index (κ3) is 5.02. The van der Waals surface area contributed by atoms with Crippen LogP contribution in [0.15, 0.2) is 29.2 Å². The molecule has 9 nitrogen and oxygen atoms in total. The van der Waals surface area contributed by atoms with E-state index in [1.54, 1.807) is 13.0 Å². The number of carbonyl (C=O) groups excluding carboxylic acids is 2.